The molecule has 0 saturated heterocycles. The van der Waals surface area contributed by atoms with Crippen molar-refractivity contribution >= 4 is 33.7 Å². The van der Waals surface area contributed by atoms with E-state index in [2.05, 4.69) is 15.9 Å². The number of rotatable bonds is 5. The minimum Gasteiger partial charge on any atom is -0.466 e. The molecule has 0 atom stereocenters. The molecule has 0 spiro atoms. The number of esters is 1. The van der Waals surface area contributed by atoms with Gasteiger partial charge in [0, 0.05) is 15.8 Å². The topological polar surface area (TPSA) is 26.3 Å². The Labute approximate surface area is 121 Å². The van der Waals surface area contributed by atoms with Gasteiger partial charge in [-0.25, -0.2) is 0 Å². The van der Waals surface area contributed by atoms with E-state index in [1.54, 1.807) is 13.0 Å². The van der Waals surface area contributed by atoms with E-state index >= 15 is 0 Å². The fraction of sp³-hybridized carbons (Fsp3) is 0.417. The molecule has 0 amide bonds. The van der Waals surface area contributed by atoms with Crippen molar-refractivity contribution in [1.82, 2.24) is 0 Å². The van der Waals surface area contributed by atoms with Gasteiger partial charge in [-0.05, 0) is 48.9 Å². The number of hydrogen-bond donors (Lipinski definition) is 0. The lowest BCUT2D eigenvalue weighted by Crippen LogP contribution is -2.05. The zero-order valence-electron chi connectivity index (χ0n) is 10.1. The maximum atomic E-state index is 12.3. The number of thioether (sulfide) groups is 1. The fourth-order valence-corrected chi connectivity index (χ4v) is 2.46. The Kier molecular flexibility index (Phi) is 6.19. The zero-order valence-corrected chi connectivity index (χ0v) is 12.5. The van der Waals surface area contributed by atoms with Crippen LogP contribution < -0.4 is 0 Å². The minimum absolute atomic E-state index is 0.106. The van der Waals surface area contributed by atoms with E-state index in [4.69, 9.17) is 4.74 Å². The normalized spacial score (nSPS) is 11.4. The van der Waals surface area contributed by atoms with Crippen molar-refractivity contribution in [3.63, 3.8) is 0 Å². The molecule has 0 N–H and O–H groups in total. The third-order valence-electron chi connectivity index (χ3n) is 2.15. The van der Waals surface area contributed by atoms with Crippen LogP contribution in [0.3, 0.4) is 0 Å². The van der Waals surface area contributed by atoms with Crippen molar-refractivity contribution < 1.29 is 22.7 Å². The van der Waals surface area contributed by atoms with Crippen molar-refractivity contribution in [2.45, 2.75) is 30.2 Å². The van der Waals surface area contributed by atoms with Crippen molar-refractivity contribution in [1.29, 1.82) is 0 Å². The Hall–Kier alpha value is -0.690. The summed E-state index contributed by atoms with van der Waals surface area (Å²) in [5, 5.41) is 0. The Balaban J connectivity index is 2.72. The van der Waals surface area contributed by atoms with Crippen LogP contribution in [0.5, 0.6) is 0 Å². The van der Waals surface area contributed by atoms with Crippen molar-refractivity contribution in [3.8, 4) is 0 Å². The van der Waals surface area contributed by atoms with Gasteiger partial charge < -0.3 is 4.74 Å². The molecule has 0 radical (unpaired) electrons. The van der Waals surface area contributed by atoms with Crippen LogP contribution in [0.25, 0.3) is 0 Å². The maximum Gasteiger partial charge on any atom is 0.446 e. The van der Waals surface area contributed by atoms with Crippen LogP contribution in [-0.2, 0) is 16.0 Å². The SMILES string of the molecule is CCOC(=O)CCc1cc(SC(F)(F)F)ccc1Br. The summed E-state index contributed by atoms with van der Waals surface area (Å²) in [5.41, 5.74) is -3.66. The predicted octanol–water partition coefficient (Wildman–Crippen LogP) is 4.56. The molecule has 0 aromatic heterocycles. The Morgan fingerprint density at radius 2 is 2.11 bits per heavy atom. The first-order valence-electron chi connectivity index (χ1n) is 5.51. The molecule has 0 bridgehead atoms. The van der Waals surface area contributed by atoms with Crippen LogP contribution in [0.2, 0.25) is 0 Å². The van der Waals surface area contributed by atoms with Crippen LogP contribution >= 0.6 is 27.7 Å². The molecule has 19 heavy (non-hydrogen) atoms. The summed E-state index contributed by atoms with van der Waals surface area (Å²) in [4.78, 5) is 11.3. The maximum absolute atomic E-state index is 12.3. The average molecular weight is 357 g/mol. The Morgan fingerprint density at radius 1 is 1.42 bits per heavy atom. The highest BCUT2D eigenvalue weighted by Crippen LogP contribution is 2.38. The van der Waals surface area contributed by atoms with Gasteiger partial charge in [0.25, 0.3) is 0 Å². The third-order valence-corrected chi connectivity index (χ3v) is 3.65. The molecule has 0 saturated carbocycles. The quantitative estimate of drug-likeness (QED) is 0.571. The second kappa shape index (κ2) is 7.19. The Morgan fingerprint density at radius 3 is 2.68 bits per heavy atom. The van der Waals surface area contributed by atoms with E-state index in [1.807, 2.05) is 0 Å². The summed E-state index contributed by atoms with van der Waals surface area (Å²) in [6.07, 6.45) is 0.484. The van der Waals surface area contributed by atoms with E-state index in [1.165, 1.54) is 12.1 Å². The third kappa shape index (κ3) is 6.33. The largest absolute Gasteiger partial charge is 0.466 e. The number of carbonyl (C=O) groups is 1. The molecular formula is C12H12BrF3O2S. The van der Waals surface area contributed by atoms with Gasteiger partial charge in [-0.15, -0.1) is 0 Å². The van der Waals surface area contributed by atoms with Gasteiger partial charge in [-0.2, -0.15) is 13.2 Å². The van der Waals surface area contributed by atoms with Crippen LogP contribution in [-0.4, -0.2) is 18.1 Å². The van der Waals surface area contributed by atoms with Crippen LogP contribution in [0.4, 0.5) is 13.2 Å². The molecule has 0 heterocycles. The van der Waals surface area contributed by atoms with Crippen LogP contribution in [0.15, 0.2) is 27.6 Å². The number of hydrogen-bond acceptors (Lipinski definition) is 3. The van der Waals surface area contributed by atoms with Gasteiger partial charge in [0.2, 0.25) is 0 Å². The molecular weight excluding hydrogens is 345 g/mol. The van der Waals surface area contributed by atoms with E-state index in [9.17, 15) is 18.0 Å². The van der Waals surface area contributed by atoms with Crippen LogP contribution in [0, 0.1) is 0 Å². The number of aryl methyl sites for hydroxylation is 1. The van der Waals surface area contributed by atoms with Gasteiger partial charge in [-0.1, -0.05) is 15.9 Å². The van der Waals surface area contributed by atoms with Gasteiger partial charge >= 0.3 is 11.5 Å². The average Bonchev–Trinajstić information content (AvgIpc) is 2.28. The first kappa shape index (κ1) is 16.4. The first-order valence-corrected chi connectivity index (χ1v) is 7.12. The summed E-state index contributed by atoms with van der Waals surface area (Å²) in [7, 11) is 0. The summed E-state index contributed by atoms with van der Waals surface area (Å²) in [6, 6.07) is 4.37. The van der Waals surface area contributed by atoms with E-state index in [0.717, 1.165) is 0 Å². The van der Waals surface area contributed by atoms with Crippen molar-refractivity contribution in [3.05, 3.63) is 28.2 Å². The summed E-state index contributed by atoms with van der Waals surface area (Å²) < 4.78 is 42.3. The van der Waals surface area contributed by atoms with Crippen molar-refractivity contribution in [2.75, 3.05) is 6.61 Å². The van der Waals surface area contributed by atoms with E-state index < -0.39 is 5.51 Å². The fourth-order valence-electron chi connectivity index (χ4n) is 1.41. The minimum atomic E-state index is -4.31. The molecule has 0 aliphatic rings. The Bertz CT molecular complexity index is 449. The lowest BCUT2D eigenvalue weighted by atomic mass is 10.1. The van der Waals surface area contributed by atoms with Gasteiger partial charge in [0.1, 0.15) is 0 Å². The molecule has 0 aliphatic carbocycles. The standard InChI is InChI=1S/C12H12BrF3O2S/c1-2-18-11(17)6-3-8-7-9(4-5-10(8)13)19-12(14,15)16/h4-5,7H,2-3,6H2,1H3. The number of alkyl halides is 3. The molecule has 2 nitrogen and oxygen atoms in total. The van der Waals surface area contributed by atoms with Gasteiger partial charge in [-0.3, -0.25) is 4.79 Å². The first-order chi connectivity index (χ1) is 8.81. The highest BCUT2D eigenvalue weighted by atomic mass is 79.9. The molecule has 1 rings (SSSR count). The lowest BCUT2D eigenvalue weighted by molar-refractivity contribution is -0.143. The number of benzene rings is 1. The molecule has 0 unspecified atom stereocenters. The molecule has 106 valence electrons. The number of halogens is 4. The van der Waals surface area contributed by atoms with E-state index in [0.29, 0.717) is 23.1 Å². The smallest absolute Gasteiger partial charge is 0.446 e. The predicted molar refractivity (Wildman–Crippen MR) is 71.0 cm³/mol. The lowest BCUT2D eigenvalue weighted by Gasteiger charge is -2.09. The van der Waals surface area contributed by atoms with Crippen LogP contribution in [0.1, 0.15) is 18.9 Å². The summed E-state index contributed by atoms with van der Waals surface area (Å²) >= 11 is 3.09. The molecule has 0 aliphatic heterocycles. The summed E-state index contributed by atoms with van der Waals surface area (Å²) in [6.45, 7) is 2.00. The van der Waals surface area contributed by atoms with Gasteiger partial charge in [0.15, 0.2) is 0 Å². The highest BCUT2D eigenvalue weighted by Gasteiger charge is 2.29. The molecule has 1 aromatic rings. The summed E-state index contributed by atoms with van der Waals surface area (Å²) in [5.74, 6) is -0.358. The molecule has 0 fully saturated rings. The van der Waals surface area contributed by atoms with Gasteiger partial charge in [0.05, 0.1) is 6.61 Å². The zero-order chi connectivity index (χ0) is 14.5. The second-order valence-electron chi connectivity index (χ2n) is 3.61. The number of carbonyl (C=O) groups excluding carboxylic acids is 1. The van der Waals surface area contributed by atoms with Crippen molar-refractivity contribution in [2.24, 2.45) is 0 Å². The number of ether oxygens (including phenoxy) is 1. The molecule has 1 aromatic carbocycles. The molecule has 7 heteroatoms. The second-order valence-corrected chi connectivity index (χ2v) is 5.60. The monoisotopic (exact) mass is 356 g/mol. The highest BCUT2D eigenvalue weighted by molar-refractivity contribution is 9.10. The van der Waals surface area contributed by atoms with E-state index in [-0.39, 0.29) is 29.0 Å².